The van der Waals surface area contributed by atoms with Gasteiger partial charge in [-0.05, 0) is 19.3 Å². The molecule has 0 aromatic rings. The second-order valence-electron chi connectivity index (χ2n) is 6.39. The van der Waals surface area contributed by atoms with Crippen molar-refractivity contribution in [1.29, 1.82) is 0 Å². The third-order valence-electron chi connectivity index (χ3n) is 4.20. The minimum Gasteiger partial charge on any atom is -0.325 e. The standard InChI is InChI=1S/C12H24NO7PS2/c1-10(14)22-7-6-13(2)5-3-4-11(9-13)8-12(21(15,16)17)23(18,19)20/h11-12H,3-9H2,1-2H3,(H2-,15,16,17,18,19,20)/p+1. The van der Waals surface area contributed by atoms with Gasteiger partial charge in [0.2, 0.25) is 0 Å². The molecule has 0 radical (unpaired) electrons. The summed E-state index contributed by atoms with van der Waals surface area (Å²) in [5.74, 6) is 0.453. The van der Waals surface area contributed by atoms with Crippen molar-refractivity contribution in [2.24, 2.45) is 5.92 Å². The highest BCUT2D eigenvalue weighted by molar-refractivity contribution is 8.13. The van der Waals surface area contributed by atoms with Gasteiger partial charge in [0.05, 0.1) is 32.4 Å². The van der Waals surface area contributed by atoms with E-state index in [1.54, 1.807) is 0 Å². The molecule has 1 aliphatic rings. The Morgan fingerprint density at radius 1 is 1.43 bits per heavy atom. The number of carbonyl (C=O) groups is 1. The van der Waals surface area contributed by atoms with Gasteiger partial charge in [0.25, 0.3) is 10.1 Å². The Balaban J connectivity index is 2.74. The molecule has 0 spiro atoms. The van der Waals surface area contributed by atoms with Crippen molar-refractivity contribution in [1.82, 2.24) is 0 Å². The third-order valence-corrected chi connectivity index (χ3v) is 8.46. The van der Waals surface area contributed by atoms with Gasteiger partial charge in [-0.25, -0.2) is 0 Å². The molecule has 8 nitrogen and oxygen atoms in total. The fourth-order valence-electron chi connectivity index (χ4n) is 3.09. The Hall–Kier alpha value is 0.0400. The van der Waals surface area contributed by atoms with Crippen LogP contribution in [0.15, 0.2) is 0 Å². The summed E-state index contributed by atoms with van der Waals surface area (Å²) in [6.07, 6.45) is 1.22. The fraction of sp³-hybridized carbons (Fsp3) is 0.917. The minimum absolute atomic E-state index is 0.0399. The lowest BCUT2D eigenvalue weighted by Crippen LogP contribution is -2.52. The quantitative estimate of drug-likeness (QED) is 0.332. The van der Waals surface area contributed by atoms with Crippen molar-refractivity contribution in [3.63, 3.8) is 0 Å². The molecule has 0 aromatic carbocycles. The van der Waals surface area contributed by atoms with Crippen LogP contribution in [0.2, 0.25) is 0 Å². The zero-order valence-corrected chi connectivity index (χ0v) is 15.8. The van der Waals surface area contributed by atoms with Crippen LogP contribution < -0.4 is 0 Å². The summed E-state index contributed by atoms with van der Waals surface area (Å²) in [5, 5.41) is 0.0399. The van der Waals surface area contributed by atoms with Gasteiger partial charge < -0.3 is 14.3 Å². The highest BCUT2D eigenvalue weighted by Gasteiger charge is 2.43. The number of likely N-dealkylation sites (tertiary alicyclic amines) is 1. The van der Waals surface area contributed by atoms with Crippen LogP contribution in [0.4, 0.5) is 0 Å². The number of quaternary nitrogens is 1. The first kappa shape index (κ1) is 21.1. The van der Waals surface area contributed by atoms with Gasteiger partial charge >= 0.3 is 7.60 Å². The van der Waals surface area contributed by atoms with E-state index < -0.39 is 22.7 Å². The topological polar surface area (TPSA) is 129 Å². The monoisotopic (exact) mass is 390 g/mol. The highest BCUT2D eigenvalue weighted by atomic mass is 32.2. The summed E-state index contributed by atoms with van der Waals surface area (Å²) in [5.41, 5.74) is 0. The van der Waals surface area contributed by atoms with Crippen molar-refractivity contribution in [2.45, 2.75) is 31.2 Å². The van der Waals surface area contributed by atoms with Crippen LogP contribution >= 0.6 is 19.4 Å². The average molecular weight is 390 g/mol. The molecule has 1 rings (SSSR count). The maximum atomic E-state index is 11.4. The van der Waals surface area contributed by atoms with Gasteiger partial charge in [-0.3, -0.25) is 13.9 Å². The van der Waals surface area contributed by atoms with Gasteiger partial charge in [-0.1, -0.05) is 11.8 Å². The molecule has 1 saturated heterocycles. The first-order chi connectivity index (χ1) is 10.3. The lowest BCUT2D eigenvalue weighted by molar-refractivity contribution is -0.915. The molecule has 23 heavy (non-hydrogen) atoms. The largest absolute Gasteiger partial charge is 0.346 e. The molecule has 3 atom stereocenters. The number of piperidine rings is 1. The first-order valence-electron chi connectivity index (χ1n) is 7.32. The van der Waals surface area contributed by atoms with Gasteiger partial charge in [0, 0.05) is 12.8 Å². The molecule has 1 fully saturated rings. The van der Waals surface area contributed by atoms with Gasteiger partial charge in [0.15, 0.2) is 10.1 Å². The minimum atomic E-state index is -4.93. The summed E-state index contributed by atoms with van der Waals surface area (Å²) in [6.45, 7) is 3.68. The molecule has 0 aliphatic carbocycles. The van der Waals surface area contributed by atoms with Crippen LogP contribution in [0, 0.1) is 5.92 Å². The molecule has 3 unspecified atom stereocenters. The van der Waals surface area contributed by atoms with Gasteiger partial charge in [-0.15, -0.1) is 0 Å². The van der Waals surface area contributed by atoms with E-state index in [0.29, 0.717) is 23.2 Å². The molecular formula is C12H25NO7PS2+. The number of thioether (sulfide) groups is 1. The lowest BCUT2D eigenvalue weighted by atomic mass is 9.94. The van der Waals surface area contributed by atoms with Crippen LogP contribution in [-0.2, 0) is 19.5 Å². The summed E-state index contributed by atoms with van der Waals surface area (Å²) >= 11 is 1.23. The molecule has 136 valence electrons. The maximum absolute atomic E-state index is 11.4. The fourth-order valence-corrected chi connectivity index (χ4v) is 6.39. The van der Waals surface area contributed by atoms with E-state index in [2.05, 4.69) is 0 Å². The normalized spacial score (nSPS) is 27.6. The molecule has 0 saturated carbocycles. The van der Waals surface area contributed by atoms with Crippen LogP contribution in [0.1, 0.15) is 26.2 Å². The van der Waals surface area contributed by atoms with Gasteiger partial charge in [0.1, 0.15) is 0 Å². The van der Waals surface area contributed by atoms with E-state index in [4.69, 9.17) is 4.55 Å². The summed E-state index contributed by atoms with van der Waals surface area (Å²) < 4.78 is 43.7. The van der Waals surface area contributed by atoms with E-state index in [1.165, 1.54) is 18.7 Å². The molecular weight excluding hydrogens is 365 g/mol. The zero-order valence-electron chi connectivity index (χ0n) is 13.3. The number of carbonyl (C=O) groups excluding carboxylic acids is 1. The van der Waals surface area contributed by atoms with E-state index in [-0.39, 0.29) is 17.5 Å². The van der Waals surface area contributed by atoms with Crippen molar-refractivity contribution in [2.75, 3.05) is 32.4 Å². The van der Waals surface area contributed by atoms with Crippen molar-refractivity contribution >= 4 is 34.6 Å². The average Bonchev–Trinajstić information content (AvgIpc) is 2.32. The summed E-state index contributed by atoms with van der Waals surface area (Å²) in [4.78, 5) is 27.3. The molecule has 1 heterocycles. The van der Waals surface area contributed by atoms with E-state index in [1.807, 2.05) is 7.05 Å². The van der Waals surface area contributed by atoms with E-state index >= 15 is 0 Å². The Morgan fingerprint density at radius 3 is 2.52 bits per heavy atom. The lowest BCUT2D eigenvalue weighted by Gasteiger charge is -2.42. The van der Waals surface area contributed by atoms with Crippen LogP contribution in [-0.4, -0.2) is 69.8 Å². The predicted octanol–water partition coefficient (Wildman–Crippen LogP) is 0.904. The van der Waals surface area contributed by atoms with E-state index in [9.17, 15) is 27.6 Å². The molecule has 0 aromatic heterocycles. The SMILES string of the molecule is CC(=O)SCC[N+]1(C)CCCC(CC(P(=O)(O)O)S(=O)(=O)O)C1. The molecule has 3 N–H and O–H groups in total. The second kappa shape index (κ2) is 7.95. The maximum Gasteiger partial charge on any atom is 0.346 e. The first-order valence-corrected chi connectivity index (χ1v) is 11.5. The zero-order chi connectivity index (χ0) is 17.9. The predicted molar refractivity (Wildman–Crippen MR) is 88.6 cm³/mol. The molecule has 0 bridgehead atoms. The number of hydrogen-bond acceptors (Lipinski definition) is 5. The van der Waals surface area contributed by atoms with Crippen LogP contribution in [0.3, 0.4) is 0 Å². The van der Waals surface area contributed by atoms with Crippen LogP contribution in [0.25, 0.3) is 0 Å². The van der Waals surface area contributed by atoms with E-state index in [0.717, 1.165) is 19.5 Å². The van der Waals surface area contributed by atoms with Crippen molar-refractivity contribution in [3.05, 3.63) is 0 Å². The molecule has 11 heteroatoms. The van der Waals surface area contributed by atoms with Gasteiger partial charge in [-0.2, -0.15) is 8.42 Å². The van der Waals surface area contributed by atoms with Crippen molar-refractivity contribution < 1.29 is 36.6 Å². The Bertz CT molecular complexity index is 576. The molecule has 0 amide bonds. The van der Waals surface area contributed by atoms with Crippen LogP contribution in [0.5, 0.6) is 0 Å². The Morgan fingerprint density at radius 2 is 2.04 bits per heavy atom. The Labute approximate surface area is 141 Å². The third kappa shape index (κ3) is 7.21. The Kier molecular flexibility index (Phi) is 7.28. The second-order valence-corrected chi connectivity index (χ2v) is 11.4. The molecule has 1 aliphatic heterocycles. The summed E-state index contributed by atoms with van der Waals surface area (Å²) in [7, 11) is -7.75. The smallest absolute Gasteiger partial charge is 0.325 e. The highest BCUT2D eigenvalue weighted by Crippen LogP contribution is 2.47. The summed E-state index contributed by atoms with van der Waals surface area (Å²) in [6, 6.07) is 0. The number of rotatable bonds is 7. The number of nitrogens with zero attached hydrogens (tertiary/aromatic N) is 1. The number of hydrogen-bond donors (Lipinski definition) is 3. The van der Waals surface area contributed by atoms with Crippen molar-refractivity contribution in [3.8, 4) is 0 Å².